The molecule has 1 aliphatic heterocycles. The Morgan fingerprint density at radius 1 is 1.14 bits per heavy atom. The van der Waals surface area contributed by atoms with Gasteiger partial charge in [0.15, 0.2) is 0 Å². The quantitative estimate of drug-likeness (QED) is 0.866. The zero-order valence-corrected chi connectivity index (χ0v) is 13.7. The molecule has 1 aromatic carbocycles. The van der Waals surface area contributed by atoms with Crippen LogP contribution in [-0.2, 0) is 13.1 Å². The van der Waals surface area contributed by atoms with Crippen molar-refractivity contribution in [1.82, 2.24) is 15.1 Å². The number of rotatable bonds is 6. The highest BCUT2D eigenvalue weighted by Crippen LogP contribution is 2.24. The average molecular weight is 287 g/mol. The maximum absolute atomic E-state index is 3.65. The van der Waals surface area contributed by atoms with Crippen LogP contribution in [0.2, 0.25) is 0 Å². The summed E-state index contributed by atoms with van der Waals surface area (Å²) in [6.07, 6.45) is 2.71. The number of nitrogens with zero attached hydrogens (tertiary/aromatic N) is 2. The van der Waals surface area contributed by atoms with Crippen molar-refractivity contribution in [3.8, 4) is 0 Å². The van der Waals surface area contributed by atoms with Crippen LogP contribution in [0.4, 0.5) is 0 Å². The van der Waals surface area contributed by atoms with E-state index < -0.39 is 0 Å². The van der Waals surface area contributed by atoms with Crippen molar-refractivity contribution in [1.29, 1.82) is 0 Å². The van der Waals surface area contributed by atoms with E-state index in [2.05, 4.69) is 60.4 Å². The molecule has 21 heavy (non-hydrogen) atoms. The van der Waals surface area contributed by atoms with Crippen LogP contribution in [0, 0.1) is 5.92 Å². The topological polar surface area (TPSA) is 18.5 Å². The number of benzene rings is 1. The largest absolute Gasteiger partial charge is 0.310 e. The van der Waals surface area contributed by atoms with E-state index in [-0.39, 0.29) is 0 Å². The van der Waals surface area contributed by atoms with Crippen molar-refractivity contribution in [3.63, 3.8) is 0 Å². The molecule has 0 radical (unpaired) electrons. The second kappa shape index (κ2) is 6.47. The zero-order valence-electron chi connectivity index (χ0n) is 13.7. The van der Waals surface area contributed by atoms with E-state index in [0.29, 0.717) is 6.04 Å². The van der Waals surface area contributed by atoms with Gasteiger partial charge in [-0.2, -0.15) is 0 Å². The summed E-state index contributed by atoms with van der Waals surface area (Å²) in [4.78, 5) is 5.00. The second-order valence-electron chi connectivity index (χ2n) is 7.13. The Balaban J connectivity index is 1.61. The summed E-state index contributed by atoms with van der Waals surface area (Å²) in [5.74, 6) is 0.761. The smallest absolute Gasteiger partial charge is 0.0254 e. The third kappa shape index (κ3) is 3.85. The summed E-state index contributed by atoms with van der Waals surface area (Å²) in [5, 5.41) is 3.65. The van der Waals surface area contributed by atoms with Gasteiger partial charge in [0.25, 0.3) is 0 Å². The molecule has 2 atom stereocenters. The normalized spacial score (nSPS) is 26.7. The van der Waals surface area contributed by atoms with E-state index in [1.165, 1.54) is 37.1 Å². The molecule has 0 aromatic heterocycles. The summed E-state index contributed by atoms with van der Waals surface area (Å²) >= 11 is 0. The monoisotopic (exact) mass is 287 g/mol. The molecule has 1 aromatic rings. The highest BCUT2D eigenvalue weighted by atomic mass is 15.2. The Bertz CT molecular complexity index is 467. The minimum Gasteiger partial charge on any atom is -0.310 e. The number of likely N-dealkylation sites (tertiary alicyclic amines) is 1. The van der Waals surface area contributed by atoms with Gasteiger partial charge >= 0.3 is 0 Å². The number of hydrogen-bond donors (Lipinski definition) is 1. The van der Waals surface area contributed by atoms with Crippen molar-refractivity contribution < 1.29 is 0 Å². The van der Waals surface area contributed by atoms with Crippen LogP contribution < -0.4 is 5.32 Å². The molecule has 3 rings (SSSR count). The first-order valence-corrected chi connectivity index (χ1v) is 8.32. The van der Waals surface area contributed by atoms with Crippen LogP contribution in [0.25, 0.3) is 0 Å². The first-order valence-electron chi connectivity index (χ1n) is 8.32. The number of nitrogens with one attached hydrogen (secondary N) is 1. The molecule has 116 valence electrons. The third-order valence-electron chi connectivity index (χ3n) is 4.98. The summed E-state index contributed by atoms with van der Waals surface area (Å²) in [6, 6.07) is 10.4. The van der Waals surface area contributed by atoms with E-state index in [1.54, 1.807) is 0 Å². The van der Waals surface area contributed by atoms with E-state index in [4.69, 9.17) is 0 Å². The minimum atomic E-state index is 0.696. The van der Waals surface area contributed by atoms with Gasteiger partial charge in [-0.1, -0.05) is 31.2 Å². The van der Waals surface area contributed by atoms with Crippen molar-refractivity contribution in [2.45, 2.75) is 44.9 Å². The van der Waals surface area contributed by atoms with Crippen molar-refractivity contribution >= 4 is 0 Å². The lowest BCUT2D eigenvalue weighted by Gasteiger charge is -2.23. The molecule has 3 nitrogen and oxygen atoms in total. The molecule has 2 aliphatic rings. The lowest BCUT2D eigenvalue weighted by Crippen LogP contribution is -2.34. The minimum absolute atomic E-state index is 0.696. The van der Waals surface area contributed by atoms with Gasteiger partial charge in [-0.15, -0.1) is 0 Å². The molecule has 1 heterocycles. The Morgan fingerprint density at radius 2 is 1.86 bits per heavy atom. The van der Waals surface area contributed by atoms with E-state index in [9.17, 15) is 0 Å². The highest BCUT2D eigenvalue weighted by Gasteiger charge is 2.31. The van der Waals surface area contributed by atoms with Crippen LogP contribution in [0.3, 0.4) is 0 Å². The third-order valence-corrected chi connectivity index (χ3v) is 4.98. The molecule has 1 saturated heterocycles. The summed E-state index contributed by atoms with van der Waals surface area (Å²) < 4.78 is 0. The van der Waals surface area contributed by atoms with Crippen molar-refractivity contribution in [2.24, 2.45) is 5.92 Å². The summed E-state index contributed by atoms with van der Waals surface area (Å²) in [5.41, 5.74) is 2.97. The molecule has 0 spiro atoms. The predicted molar refractivity (Wildman–Crippen MR) is 88.2 cm³/mol. The summed E-state index contributed by atoms with van der Waals surface area (Å²) in [7, 11) is 4.41. The number of hydrogen-bond acceptors (Lipinski definition) is 3. The van der Waals surface area contributed by atoms with Gasteiger partial charge in [0.05, 0.1) is 0 Å². The number of likely N-dealkylation sites (N-methyl/N-ethyl adjacent to an activating group) is 1. The molecule has 0 bridgehead atoms. The van der Waals surface area contributed by atoms with Crippen molar-refractivity contribution in [3.05, 3.63) is 35.4 Å². The molecule has 1 N–H and O–H groups in total. The molecule has 0 amide bonds. The van der Waals surface area contributed by atoms with Gasteiger partial charge in [-0.25, -0.2) is 0 Å². The fourth-order valence-corrected chi connectivity index (χ4v) is 3.52. The van der Waals surface area contributed by atoms with Gasteiger partial charge in [0, 0.05) is 38.3 Å². The zero-order chi connectivity index (χ0) is 14.8. The Hall–Kier alpha value is -0.900. The molecule has 2 fully saturated rings. The first-order chi connectivity index (χ1) is 10.1. The summed E-state index contributed by atoms with van der Waals surface area (Å²) in [6.45, 7) is 6.91. The fourth-order valence-electron chi connectivity index (χ4n) is 3.52. The molecular weight excluding hydrogens is 258 g/mol. The van der Waals surface area contributed by atoms with Crippen LogP contribution in [0.15, 0.2) is 24.3 Å². The average Bonchev–Trinajstić information content (AvgIpc) is 3.20. The van der Waals surface area contributed by atoms with Crippen LogP contribution in [0.1, 0.15) is 30.9 Å². The Morgan fingerprint density at radius 3 is 2.48 bits per heavy atom. The molecule has 1 saturated carbocycles. The van der Waals surface area contributed by atoms with E-state index in [0.717, 1.165) is 25.0 Å². The highest BCUT2D eigenvalue weighted by molar-refractivity contribution is 5.27. The fraction of sp³-hybridized carbons (Fsp3) is 0.667. The molecule has 2 unspecified atom stereocenters. The predicted octanol–water partition coefficient (Wildman–Crippen LogP) is 2.32. The maximum Gasteiger partial charge on any atom is 0.0254 e. The van der Waals surface area contributed by atoms with Crippen LogP contribution >= 0.6 is 0 Å². The Kier molecular flexibility index (Phi) is 4.63. The Labute approximate surface area is 129 Å². The molecule has 3 heteroatoms. The molecule has 1 aliphatic carbocycles. The first kappa shape index (κ1) is 15.0. The van der Waals surface area contributed by atoms with Crippen molar-refractivity contribution in [2.75, 3.05) is 27.2 Å². The van der Waals surface area contributed by atoms with Gasteiger partial charge in [-0.3, -0.25) is 4.90 Å². The van der Waals surface area contributed by atoms with Gasteiger partial charge in [0.1, 0.15) is 0 Å². The maximum atomic E-state index is 3.65. The van der Waals surface area contributed by atoms with Crippen LogP contribution in [-0.4, -0.2) is 49.1 Å². The van der Waals surface area contributed by atoms with Gasteiger partial charge < -0.3 is 10.2 Å². The lowest BCUT2D eigenvalue weighted by atomic mass is 10.1. The van der Waals surface area contributed by atoms with E-state index >= 15 is 0 Å². The standard InChI is InChI=1S/C18H29N3/c1-14-11-21(13-18(14)20(2)3)12-16-7-5-4-6-15(16)10-19-17-8-9-17/h4-7,14,17-19H,8-13H2,1-3H3. The lowest BCUT2D eigenvalue weighted by molar-refractivity contribution is 0.250. The SMILES string of the molecule is CC1CN(Cc2ccccc2CNC2CC2)CC1N(C)C. The molecular formula is C18H29N3. The second-order valence-corrected chi connectivity index (χ2v) is 7.13. The van der Waals surface area contributed by atoms with E-state index in [1.807, 2.05) is 0 Å². The van der Waals surface area contributed by atoms with Gasteiger partial charge in [-0.05, 0) is 44.0 Å². The van der Waals surface area contributed by atoms with Gasteiger partial charge in [0.2, 0.25) is 0 Å². The van der Waals surface area contributed by atoms with Crippen LogP contribution in [0.5, 0.6) is 0 Å².